The maximum atomic E-state index is 13.2. The summed E-state index contributed by atoms with van der Waals surface area (Å²) in [6, 6.07) is 5.88. The molecule has 0 spiro atoms. The maximum Gasteiger partial charge on any atom is 0.419 e. The van der Waals surface area contributed by atoms with Gasteiger partial charge in [-0.3, -0.25) is 9.36 Å². The first-order valence-corrected chi connectivity index (χ1v) is 20.0. The van der Waals surface area contributed by atoms with E-state index in [1.165, 1.54) is 12.4 Å². The Hall–Kier alpha value is -4.46. The Morgan fingerprint density at radius 2 is 0.933 bits per heavy atom. The van der Waals surface area contributed by atoms with Crippen LogP contribution in [0.3, 0.4) is 0 Å². The minimum atomic E-state index is -4.59. The Kier molecular flexibility index (Phi) is 11.9. The second kappa shape index (κ2) is 16.4. The van der Waals surface area contributed by atoms with Gasteiger partial charge in [0.25, 0.3) is 12.9 Å². The predicted molar refractivity (Wildman–Crippen MR) is 204 cm³/mol. The molecule has 4 heterocycles. The molecule has 4 aliphatic carbocycles. The van der Waals surface area contributed by atoms with Crippen LogP contribution in [-0.2, 0) is 12.4 Å². The minimum Gasteiger partial charge on any atom is -0.383 e. The average Bonchev–Trinajstić information content (AvgIpc) is 3.61. The van der Waals surface area contributed by atoms with Crippen molar-refractivity contribution in [2.75, 3.05) is 24.6 Å². The molecular formula is C40H48F10N10. The molecule has 4 saturated carbocycles. The van der Waals surface area contributed by atoms with Crippen LogP contribution in [0.25, 0.3) is 22.5 Å². The minimum absolute atomic E-state index is 0.0339. The number of halogens is 10. The highest BCUT2D eigenvalue weighted by atomic mass is 19.4. The number of nitrogens with one attached hydrogen (secondary N) is 2. The average molecular weight is 859 g/mol. The van der Waals surface area contributed by atoms with Gasteiger partial charge in [0.15, 0.2) is 0 Å². The molecule has 4 unspecified atom stereocenters. The van der Waals surface area contributed by atoms with Gasteiger partial charge in [0, 0.05) is 70.9 Å². The van der Waals surface area contributed by atoms with Crippen molar-refractivity contribution in [2.45, 2.75) is 115 Å². The molecule has 6 N–H and O–H groups in total. The first-order chi connectivity index (χ1) is 28.1. The number of aromatic nitrogens is 6. The van der Waals surface area contributed by atoms with Crippen LogP contribution in [0.15, 0.2) is 36.7 Å². The summed E-state index contributed by atoms with van der Waals surface area (Å²) in [6.07, 6.45) is -8.02. The van der Waals surface area contributed by atoms with Crippen LogP contribution in [0.2, 0.25) is 0 Å². The van der Waals surface area contributed by atoms with E-state index in [4.69, 9.17) is 11.5 Å². The lowest BCUT2D eigenvalue weighted by Gasteiger charge is -2.17. The smallest absolute Gasteiger partial charge is 0.383 e. The zero-order valence-electron chi connectivity index (χ0n) is 33.3. The van der Waals surface area contributed by atoms with Gasteiger partial charge >= 0.3 is 12.4 Å². The number of alkyl halides is 10. The fourth-order valence-electron chi connectivity index (χ4n) is 9.51. The van der Waals surface area contributed by atoms with E-state index in [0.717, 1.165) is 49.2 Å². The van der Waals surface area contributed by atoms with Gasteiger partial charge in [-0.2, -0.15) is 36.5 Å². The number of pyridine rings is 2. The summed E-state index contributed by atoms with van der Waals surface area (Å²) in [6.45, 7) is 7.27. The number of nitrogens with two attached hydrogens (primary N) is 2. The van der Waals surface area contributed by atoms with Crippen LogP contribution in [0, 0.1) is 23.7 Å². The molecule has 60 heavy (non-hydrogen) atoms. The third-order valence-electron chi connectivity index (χ3n) is 12.2. The van der Waals surface area contributed by atoms with Crippen molar-refractivity contribution in [3.8, 4) is 22.5 Å². The largest absolute Gasteiger partial charge is 0.419 e. The molecule has 10 nitrogen and oxygen atoms in total. The molecule has 8 rings (SSSR count). The molecule has 4 fully saturated rings. The molecule has 4 aromatic heterocycles. The van der Waals surface area contributed by atoms with Crippen LogP contribution in [0.1, 0.15) is 99.8 Å². The first kappa shape index (κ1) is 43.6. The number of nitrogen functional groups attached to an aromatic ring is 2. The van der Waals surface area contributed by atoms with E-state index in [9.17, 15) is 43.9 Å². The van der Waals surface area contributed by atoms with E-state index < -0.39 is 48.0 Å². The number of rotatable bonds is 12. The highest BCUT2D eigenvalue weighted by Crippen LogP contribution is 2.64. The molecular weight excluding hydrogens is 810 g/mol. The topological polar surface area (TPSA) is 138 Å². The molecule has 328 valence electrons. The Morgan fingerprint density at radius 3 is 1.22 bits per heavy atom. The second-order valence-electron chi connectivity index (χ2n) is 16.9. The predicted octanol–water partition coefficient (Wildman–Crippen LogP) is 8.95. The fraction of sp³-hybridized carbons (Fsp3) is 0.600. The molecule has 0 radical (unpaired) electrons. The molecule has 0 bridgehead atoms. The molecule has 20 heteroatoms. The van der Waals surface area contributed by atoms with Crippen LogP contribution >= 0.6 is 0 Å². The van der Waals surface area contributed by atoms with Crippen LogP contribution in [-0.4, -0.2) is 67.6 Å². The molecule has 0 aromatic carbocycles. The lowest BCUT2D eigenvalue weighted by molar-refractivity contribution is -0.137. The summed E-state index contributed by atoms with van der Waals surface area (Å²) in [7, 11) is 0. The molecule has 4 aliphatic rings. The zero-order chi connectivity index (χ0) is 43.6. The first-order valence-electron chi connectivity index (χ1n) is 20.0. The van der Waals surface area contributed by atoms with Crippen molar-refractivity contribution in [1.82, 2.24) is 40.2 Å². The van der Waals surface area contributed by atoms with E-state index in [1.54, 1.807) is 0 Å². The van der Waals surface area contributed by atoms with Crippen LogP contribution in [0.5, 0.6) is 0 Å². The normalized spacial score (nSPS) is 25.9. The summed E-state index contributed by atoms with van der Waals surface area (Å²) in [5, 5.41) is 14.9. The van der Waals surface area contributed by atoms with E-state index in [1.807, 2.05) is 49.2 Å². The van der Waals surface area contributed by atoms with Crippen molar-refractivity contribution in [1.29, 1.82) is 0 Å². The lowest BCUT2D eigenvalue weighted by Crippen LogP contribution is -2.32. The van der Waals surface area contributed by atoms with Gasteiger partial charge in [0.05, 0.1) is 35.6 Å². The molecule has 0 aliphatic heterocycles. The highest BCUT2D eigenvalue weighted by molar-refractivity contribution is 5.64. The van der Waals surface area contributed by atoms with Crippen molar-refractivity contribution in [2.24, 2.45) is 23.7 Å². The van der Waals surface area contributed by atoms with Gasteiger partial charge in [0.1, 0.15) is 11.6 Å². The number of fused-ring (bicyclic) bond motifs is 2. The SMILES string of the molecule is CC(C)n1nc(-c2cnc(N)c(C(F)(F)F)c2)cc1C1[C@H]2CC(NCC(F)F)C[C@@H]12.CC(C)n1nc(-c2cnc(N)c(C(F)(F)F)c2)cc1C1[C@H]2CC(NCC(F)F)C[C@@H]12. The number of hydrogen-bond donors (Lipinski definition) is 4. The van der Waals surface area contributed by atoms with Gasteiger partial charge in [-0.25, -0.2) is 27.5 Å². The van der Waals surface area contributed by atoms with Crippen LogP contribution in [0.4, 0.5) is 55.5 Å². The van der Waals surface area contributed by atoms with Crippen LogP contribution < -0.4 is 22.1 Å². The number of anilines is 2. The Labute approximate surface area is 339 Å². The van der Waals surface area contributed by atoms with Gasteiger partial charge in [-0.15, -0.1) is 0 Å². The number of hydrogen-bond acceptors (Lipinski definition) is 8. The molecule has 0 saturated heterocycles. The fourth-order valence-corrected chi connectivity index (χ4v) is 9.51. The second-order valence-corrected chi connectivity index (χ2v) is 16.9. The summed E-state index contributed by atoms with van der Waals surface area (Å²) in [5.74, 6) is 0.928. The third-order valence-corrected chi connectivity index (χ3v) is 12.2. The van der Waals surface area contributed by atoms with Crippen molar-refractivity contribution in [3.05, 3.63) is 59.2 Å². The number of nitrogens with zero attached hydrogens (tertiary/aromatic N) is 6. The third kappa shape index (κ3) is 9.09. The van der Waals surface area contributed by atoms with Crippen molar-refractivity contribution >= 4 is 11.6 Å². The molecule has 0 amide bonds. The van der Waals surface area contributed by atoms with Crippen molar-refractivity contribution < 1.29 is 43.9 Å². The van der Waals surface area contributed by atoms with E-state index in [2.05, 4.69) is 30.8 Å². The van der Waals surface area contributed by atoms with E-state index >= 15 is 0 Å². The van der Waals surface area contributed by atoms with Gasteiger partial charge in [0.2, 0.25) is 0 Å². The van der Waals surface area contributed by atoms with Gasteiger partial charge in [-0.05, 0) is 101 Å². The van der Waals surface area contributed by atoms with E-state index in [0.29, 0.717) is 35.1 Å². The zero-order valence-corrected chi connectivity index (χ0v) is 33.3. The lowest BCUT2D eigenvalue weighted by atomic mass is 10.0. The standard InChI is InChI=1S/2C20H24F5N5/c2*1-9(2)30-16(18-12-4-11(5-13(12)18)27-8-17(21)22)6-15(29-30)10-3-14(20(23,24)25)19(26)28-7-10/h2*3,6-7,9,11-13,17-18,27H,4-5,8H2,1-2H3,(H2,26,28)/t2*11?,12-,13+,18?. The van der Waals surface area contributed by atoms with Gasteiger partial charge in [-0.1, -0.05) is 0 Å². The van der Waals surface area contributed by atoms with Crippen molar-refractivity contribution in [3.63, 3.8) is 0 Å². The highest BCUT2D eigenvalue weighted by Gasteiger charge is 2.59. The van der Waals surface area contributed by atoms with Gasteiger partial charge < -0.3 is 22.1 Å². The molecule has 4 aromatic rings. The summed E-state index contributed by atoms with van der Waals surface area (Å²) < 4.78 is 133. The summed E-state index contributed by atoms with van der Waals surface area (Å²) in [5.41, 5.74) is 12.2. The Bertz CT molecular complexity index is 1970. The monoisotopic (exact) mass is 858 g/mol. The summed E-state index contributed by atoms with van der Waals surface area (Å²) >= 11 is 0. The molecule has 8 atom stereocenters. The maximum absolute atomic E-state index is 13.2. The quantitative estimate of drug-likeness (QED) is 0.104. The Morgan fingerprint density at radius 1 is 0.600 bits per heavy atom. The summed E-state index contributed by atoms with van der Waals surface area (Å²) in [4.78, 5) is 7.41. The Balaban J connectivity index is 0.000000181. The van der Waals surface area contributed by atoms with E-state index in [-0.39, 0.29) is 60.2 Å².